The van der Waals surface area contributed by atoms with Crippen molar-refractivity contribution in [1.82, 2.24) is 0 Å². The Hall–Kier alpha value is -1.76. The Morgan fingerprint density at radius 1 is 0.640 bits per heavy atom. The zero-order valence-corrected chi connectivity index (χ0v) is 14.6. The normalized spacial score (nSPS) is 39.8. The molecule has 6 unspecified atom stereocenters. The molecule has 138 valence electrons. The van der Waals surface area contributed by atoms with Crippen LogP contribution in [0.1, 0.15) is 52.4 Å². The van der Waals surface area contributed by atoms with Gasteiger partial charge in [-0.15, -0.1) is 0 Å². The van der Waals surface area contributed by atoms with Crippen molar-refractivity contribution in [2.45, 2.75) is 64.6 Å². The molecule has 7 nitrogen and oxygen atoms in total. The number of cyclic esters (lactones) is 4. The Labute approximate surface area is 146 Å². The average molecular weight is 352 g/mol. The fourth-order valence-electron chi connectivity index (χ4n) is 4.37. The molecule has 7 heteroatoms. The molecule has 4 fully saturated rings. The van der Waals surface area contributed by atoms with Gasteiger partial charge in [-0.3, -0.25) is 19.2 Å². The van der Waals surface area contributed by atoms with Crippen LogP contribution in [0.4, 0.5) is 0 Å². The second-order valence-corrected chi connectivity index (χ2v) is 6.91. The third kappa shape index (κ3) is 3.34. The van der Waals surface area contributed by atoms with Crippen LogP contribution in [0.2, 0.25) is 0 Å². The molecule has 0 bridgehead atoms. The predicted molar refractivity (Wildman–Crippen MR) is 83.9 cm³/mol. The minimum Gasteiger partial charge on any atom is -0.393 e. The van der Waals surface area contributed by atoms with Crippen molar-refractivity contribution >= 4 is 23.9 Å². The van der Waals surface area contributed by atoms with Gasteiger partial charge in [0.1, 0.15) is 0 Å². The molecular formula is C18H24O7. The first-order chi connectivity index (χ1) is 12.0. The molecule has 0 radical (unpaired) electrons. The van der Waals surface area contributed by atoms with Crippen LogP contribution in [0.3, 0.4) is 0 Å². The van der Waals surface area contributed by atoms with E-state index in [9.17, 15) is 19.2 Å². The number of hydrogen-bond donors (Lipinski definition) is 0. The van der Waals surface area contributed by atoms with Gasteiger partial charge in [0.15, 0.2) is 0 Å². The molecule has 0 aromatic rings. The zero-order valence-electron chi connectivity index (χ0n) is 14.6. The summed E-state index contributed by atoms with van der Waals surface area (Å²) in [6, 6.07) is 0. The second kappa shape index (κ2) is 7.23. The maximum absolute atomic E-state index is 11.7. The van der Waals surface area contributed by atoms with E-state index in [0.29, 0.717) is 38.5 Å². The summed E-state index contributed by atoms with van der Waals surface area (Å²) < 4.78 is 15.5. The number of ether oxygens (including phenoxy) is 3. The monoisotopic (exact) mass is 352 g/mol. The number of esters is 4. The second-order valence-electron chi connectivity index (χ2n) is 6.91. The Kier molecular flexibility index (Phi) is 5.22. The van der Waals surface area contributed by atoms with Gasteiger partial charge in [0.05, 0.1) is 35.9 Å². The SMILES string of the molecule is CC.O=C1OC(=O)C2CC(OC3CCC4C(=O)OC(=O)C4C3)CCC12. The molecule has 0 spiro atoms. The van der Waals surface area contributed by atoms with Crippen molar-refractivity contribution in [2.75, 3.05) is 0 Å². The van der Waals surface area contributed by atoms with Gasteiger partial charge < -0.3 is 14.2 Å². The van der Waals surface area contributed by atoms with Gasteiger partial charge in [-0.25, -0.2) is 0 Å². The largest absolute Gasteiger partial charge is 0.393 e. The third-order valence-corrected chi connectivity index (χ3v) is 5.60. The zero-order chi connectivity index (χ0) is 18.1. The van der Waals surface area contributed by atoms with Gasteiger partial charge in [-0.1, -0.05) is 13.8 Å². The number of carbonyl (C=O) groups excluding carboxylic acids is 4. The van der Waals surface area contributed by atoms with Gasteiger partial charge in [0.25, 0.3) is 0 Å². The van der Waals surface area contributed by atoms with Gasteiger partial charge in [-0.05, 0) is 38.5 Å². The molecule has 4 rings (SSSR count). The first-order valence-corrected chi connectivity index (χ1v) is 9.19. The number of rotatable bonds is 2. The van der Waals surface area contributed by atoms with E-state index in [1.807, 2.05) is 13.8 Å². The summed E-state index contributed by atoms with van der Waals surface area (Å²) in [6.45, 7) is 4.00. The lowest BCUT2D eigenvalue weighted by molar-refractivity contribution is -0.155. The van der Waals surface area contributed by atoms with Crippen LogP contribution in [0.15, 0.2) is 0 Å². The van der Waals surface area contributed by atoms with E-state index >= 15 is 0 Å². The number of hydrogen-bond acceptors (Lipinski definition) is 7. The molecule has 2 heterocycles. The van der Waals surface area contributed by atoms with E-state index in [1.165, 1.54) is 0 Å². The summed E-state index contributed by atoms with van der Waals surface area (Å²) in [5.74, 6) is -3.13. The van der Waals surface area contributed by atoms with Crippen LogP contribution in [-0.4, -0.2) is 36.1 Å². The van der Waals surface area contributed by atoms with Crippen molar-refractivity contribution in [3.63, 3.8) is 0 Å². The van der Waals surface area contributed by atoms with Gasteiger partial charge >= 0.3 is 23.9 Å². The van der Waals surface area contributed by atoms with E-state index in [1.54, 1.807) is 0 Å². The van der Waals surface area contributed by atoms with E-state index in [0.717, 1.165) is 0 Å². The highest BCUT2D eigenvalue weighted by Gasteiger charge is 2.50. The number of carbonyl (C=O) groups is 4. The van der Waals surface area contributed by atoms with Crippen LogP contribution >= 0.6 is 0 Å². The quantitative estimate of drug-likeness (QED) is 0.552. The highest BCUT2D eigenvalue weighted by Crippen LogP contribution is 2.41. The lowest BCUT2D eigenvalue weighted by atomic mass is 9.78. The van der Waals surface area contributed by atoms with E-state index in [-0.39, 0.29) is 24.0 Å². The maximum atomic E-state index is 11.7. The average Bonchev–Trinajstić information content (AvgIpc) is 3.05. The van der Waals surface area contributed by atoms with Crippen LogP contribution in [0.25, 0.3) is 0 Å². The molecule has 4 aliphatic rings. The highest BCUT2D eigenvalue weighted by atomic mass is 16.6. The molecule has 6 atom stereocenters. The first-order valence-electron chi connectivity index (χ1n) is 9.19. The molecule has 2 saturated carbocycles. The van der Waals surface area contributed by atoms with E-state index in [4.69, 9.17) is 14.2 Å². The summed E-state index contributed by atoms with van der Waals surface area (Å²) in [5.41, 5.74) is 0. The van der Waals surface area contributed by atoms with Crippen molar-refractivity contribution in [3.8, 4) is 0 Å². The fraction of sp³-hybridized carbons (Fsp3) is 0.778. The molecule has 0 aromatic carbocycles. The smallest absolute Gasteiger partial charge is 0.317 e. The Bertz CT molecular complexity index is 534. The van der Waals surface area contributed by atoms with Crippen LogP contribution in [-0.2, 0) is 33.4 Å². The van der Waals surface area contributed by atoms with Gasteiger partial charge in [0, 0.05) is 0 Å². The van der Waals surface area contributed by atoms with Crippen LogP contribution in [0.5, 0.6) is 0 Å². The first kappa shape index (κ1) is 18.0. The van der Waals surface area contributed by atoms with Gasteiger partial charge in [0.2, 0.25) is 0 Å². The third-order valence-electron chi connectivity index (χ3n) is 5.60. The maximum Gasteiger partial charge on any atom is 0.317 e. The summed E-state index contributed by atoms with van der Waals surface area (Å²) in [5, 5.41) is 0. The molecule has 0 amide bonds. The summed E-state index contributed by atoms with van der Waals surface area (Å²) in [4.78, 5) is 46.5. The van der Waals surface area contributed by atoms with Crippen LogP contribution in [0, 0.1) is 23.7 Å². The lowest BCUT2D eigenvalue weighted by Gasteiger charge is -2.34. The summed E-state index contributed by atoms with van der Waals surface area (Å²) in [6.07, 6.45) is 3.37. The molecule has 2 aliphatic carbocycles. The molecule has 2 aliphatic heterocycles. The Morgan fingerprint density at radius 2 is 1.00 bits per heavy atom. The minimum atomic E-state index is -0.443. The topological polar surface area (TPSA) is 96.0 Å². The molecular weight excluding hydrogens is 328 g/mol. The minimum absolute atomic E-state index is 0.107. The molecule has 2 saturated heterocycles. The van der Waals surface area contributed by atoms with E-state index in [2.05, 4.69) is 0 Å². The summed E-state index contributed by atoms with van der Waals surface area (Å²) >= 11 is 0. The lowest BCUT2D eigenvalue weighted by Crippen LogP contribution is -2.37. The number of fused-ring (bicyclic) bond motifs is 2. The van der Waals surface area contributed by atoms with Crippen molar-refractivity contribution in [1.29, 1.82) is 0 Å². The standard InChI is InChI=1S/C16H18O7.C2H6/c17-13-9-3-1-7(5-11(9)15(19)22-13)21-8-2-4-10-12(6-8)16(20)23-14(10)18;1-2/h7-12H,1-6H2;1-2H3. The fourth-order valence-corrected chi connectivity index (χ4v) is 4.37. The summed E-state index contributed by atoms with van der Waals surface area (Å²) in [7, 11) is 0. The molecule has 25 heavy (non-hydrogen) atoms. The van der Waals surface area contributed by atoms with Crippen molar-refractivity contribution in [3.05, 3.63) is 0 Å². The van der Waals surface area contributed by atoms with Crippen LogP contribution < -0.4 is 0 Å². The predicted octanol–water partition coefficient (Wildman–Crippen LogP) is 1.77. The van der Waals surface area contributed by atoms with E-state index < -0.39 is 35.7 Å². The van der Waals surface area contributed by atoms with Crippen molar-refractivity contribution < 1.29 is 33.4 Å². The highest BCUT2D eigenvalue weighted by molar-refractivity contribution is 5.97. The Balaban J connectivity index is 0.000000880. The Morgan fingerprint density at radius 3 is 1.40 bits per heavy atom. The molecule has 0 aromatic heterocycles. The van der Waals surface area contributed by atoms with Gasteiger partial charge in [-0.2, -0.15) is 0 Å². The van der Waals surface area contributed by atoms with Crippen molar-refractivity contribution in [2.24, 2.45) is 23.7 Å². The molecule has 0 N–H and O–H groups in total.